The maximum atomic E-state index is 12.4. The molecule has 0 fully saturated rings. The normalized spacial score (nSPS) is 14.2. The van der Waals surface area contributed by atoms with E-state index in [9.17, 15) is 4.79 Å². The van der Waals surface area contributed by atoms with E-state index in [4.69, 9.17) is 4.74 Å². The molecular formula is C20H18N2O2. The summed E-state index contributed by atoms with van der Waals surface area (Å²) in [5.41, 5.74) is 4.10. The summed E-state index contributed by atoms with van der Waals surface area (Å²) in [6.45, 7) is 3.16. The van der Waals surface area contributed by atoms with Gasteiger partial charge in [-0.3, -0.25) is 4.79 Å². The first-order valence-corrected chi connectivity index (χ1v) is 8.04. The number of carbonyl (C=O) groups is 1. The number of carbonyl (C=O) groups excluding carboxylic acids is 1. The van der Waals surface area contributed by atoms with Crippen LogP contribution in [0.1, 0.15) is 16.7 Å². The molecule has 1 aromatic heterocycles. The van der Waals surface area contributed by atoms with Crippen molar-refractivity contribution in [1.82, 2.24) is 9.88 Å². The summed E-state index contributed by atoms with van der Waals surface area (Å²) in [6.07, 6.45) is 0. The van der Waals surface area contributed by atoms with Gasteiger partial charge in [0.2, 0.25) is 5.88 Å². The molecule has 4 heteroatoms. The lowest BCUT2D eigenvalue weighted by molar-refractivity contribution is -0.133. The van der Waals surface area contributed by atoms with Gasteiger partial charge in [0.05, 0.1) is 12.1 Å². The van der Waals surface area contributed by atoms with E-state index in [0.717, 1.165) is 27.6 Å². The summed E-state index contributed by atoms with van der Waals surface area (Å²) in [5.74, 6) is 0.554. The summed E-state index contributed by atoms with van der Waals surface area (Å²) < 4.78 is 5.69. The number of hydrogen-bond acceptors (Lipinski definition) is 3. The number of pyridine rings is 1. The molecule has 1 aliphatic heterocycles. The molecule has 0 unspecified atom stereocenters. The number of para-hydroxylation sites is 1. The molecule has 0 atom stereocenters. The Kier molecular flexibility index (Phi) is 3.65. The maximum Gasteiger partial charge on any atom is 0.261 e. The quantitative estimate of drug-likeness (QED) is 0.726. The van der Waals surface area contributed by atoms with Gasteiger partial charge in [-0.1, -0.05) is 48.5 Å². The third-order valence-electron chi connectivity index (χ3n) is 4.35. The van der Waals surface area contributed by atoms with Gasteiger partial charge in [0.25, 0.3) is 5.91 Å². The van der Waals surface area contributed by atoms with Crippen molar-refractivity contribution in [2.75, 3.05) is 6.61 Å². The largest absolute Gasteiger partial charge is 0.467 e. The highest BCUT2D eigenvalue weighted by atomic mass is 16.5. The van der Waals surface area contributed by atoms with Gasteiger partial charge < -0.3 is 9.64 Å². The van der Waals surface area contributed by atoms with Crippen LogP contribution in [0.5, 0.6) is 5.88 Å². The standard InChI is InChI=1S/C20H18N2O2/c1-14-6-5-9-16-10-17-12-22(11-15-7-3-2-4-8-15)18(23)13-24-20(17)21-19(14)16/h2-10H,11-13H2,1H3. The zero-order valence-corrected chi connectivity index (χ0v) is 13.5. The monoisotopic (exact) mass is 318 g/mol. The van der Waals surface area contributed by atoms with Crippen molar-refractivity contribution in [3.05, 3.63) is 71.3 Å². The van der Waals surface area contributed by atoms with Gasteiger partial charge in [-0.05, 0) is 24.1 Å². The molecular weight excluding hydrogens is 300 g/mol. The first kappa shape index (κ1) is 14.7. The fraction of sp³-hybridized carbons (Fsp3) is 0.200. The number of fused-ring (bicyclic) bond motifs is 2. The molecule has 0 radical (unpaired) electrons. The molecule has 1 aliphatic rings. The summed E-state index contributed by atoms with van der Waals surface area (Å²) >= 11 is 0. The van der Waals surface area contributed by atoms with Gasteiger partial charge in [0, 0.05) is 17.5 Å². The van der Waals surface area contributed by atoms with E-state index >= 15 is 0 Å². The first-order valence-electron chi connectivity index (χ1n) is 8.04. The van der Waals surface area contributed by atoms with Crippen LogP contribution < -0.4 is 4.74 Å². The van der Waals surface area contributed by atoms with Gasteiger partial charge in [0.15, 0.2) is 6.61 Å². The van der Waals surface area contributed by atoms with E-state index < -0.39 is 0 Å². The molecule has 4 nitrogen and oxygen atoms in total. The van der Waals surface area contributed by atoms with Crippen molar-refractivity contribution in [2.45, 2.75) is 20.0 Å². The van der Waals surface area contributed by atoms with E-state index in [1.165, 1.54) is 0 Å². The number of rotatable bonds is 2. The predicted molar refractivity (Wildman–Crippen MR) is 92.7 cm³/mol. The number of aryl methyl sites for hydroxylation is 1. The molecule has 1 amide bonds. The molecule has 120 valence electrons. The zero-order valence-electron chi connectivity index (χ0n) is 13.5. The van der Waals surface area contributed by atoms with Crippen molar-refractivity contribution in [3.63, 3.8) is 0 Å². The second kappa shape index (κ2) is 5.96. The zero-order chi connectivity index (χ0) is 16.5. The Morgan fingerprint density at radius 1 is 1.12 bits per heavy atom. The molecule has 4 rings (SSSR count). The van der Waals surface area contributed by atoms with Crippen molar-refractivity contribution < 1.29 is 9.53 Å². The topological polar surface area (TPSA) is 42.4 Å². The van der Waals surface area contributed by atoms with Gasteiger partial charge in [-0.15, -0.1) is 0 Å². The Morgan fingerprint density at radius 3 is 2.79 bits per heavy atom. The number of aromatic nitrogens is 1. The van der Waals surface area contributed by atoms with E-state index in [1.807, 2.05) is 60.4 Å². The number of nitrogens with zero attached hydrogens (tertiary/aromatic N) is 2. The number of hydrogen-bond donors (Lipinski definition) is 0. The Bertz CT molecular complexity index is 906. The van der Waals surface area contributed by atoms with E-state index in [-0.39, 0.29) is 12.5 Å². The van der Waals surface area contributed by atoms with Crippen LogP contribution in [0.15, 0.2) is 54.6 Å². The van der Waals surface area contributed by atoms with E-state index in [2.05, 4.69) is 11.1 Å². The van der Waals surface area contributed by atoms with Crippen LogP contribution in [0.3, 0.4) is 0 Å². The van der Waals surface area contributed by atoms with Crippen LogP contribution in [0.4, 0.5) is 0 Å². The van der Waals surface area contributed by atoms with Crippen LogP contribution in [0.2, 0.25) is 0 Å². The second-order valence-electron chi connectivity index (χ2n) is 6.12. The molecule has 0 N–H and O–H groups in total. The molecule has 0 saturated heterocycles. The van der Waals surface area contributed by atoms with Crippen LogP contribution in [0, 0.1) is 6.92 Å². The van der Waals surface area contributed by atoms with Gasteiger partial charge in [0.1, 0.15) is 0 Å². The molecule has 2 aromatic carbocycles. The minimum Gasteiger partial charge on any atom is -0.467 e. The third-order valence-corrected chi connectivity index (χ3v) is 4.35. The SMILES string of the molecule is Cc1cccc2cc3c(nc12)OCC(=O)N(Cc1ccccc1)C3. The summed E-state index contributed by atoms with van der Waals surface area (Å²) in [5, 5.41) is 1.08. The lowest BCUT2D eigenvalue weighted by atomic mass is 10.1. The van der Waals surface area contributed by atoms with E-state index in [1.54, 1.807) is 0 Å². The molecule has 0 aliphatic carbocycles. The highest BCUT2D eigenvalue weighted by Gasteiger charge is 2.23. The van der Waals surface area contributed by atoms with Crippen LogP contribution in [-0.2, 0) is 17.9 Å². The highest BCUT2D eigenvalue weighted by molar-refractivity contribution is 5.84. The molecule has 3 aromatic rings. The van der Waals surface area contributed by atoms with Crippen molar-refractivity contribution in [2.24, 2.45) is 0 Å². The fourth-order valence-electron chi connectivity index (χ4n) is 3.07. The third kappa shape index (κ3) is 2.71. The lowest BCUT2D eigenvalue weighted by Crippen LogP contribution is -2.31. The van der Waals surface area contributed by atoms with Crippen molar-refractivity contribution in [1.29, 1.82) is 0 Å². The first-order chi connectivity index (χ1) is 11.7. The Labute approximate surface area is 140 Å². The predicted octanol–water partition coefficient (Wildman–Crippen LogP) is 3.46. The second-order valence-corrected chi connectivity index (χ2v) is 6.12. The minimum atomic E-state index is -0.0161. The van der Waals surface area contributed by atoms with Crippen LogP contribution in [0.25, 0.3) is 10.9 Å². The Morgan fingerprint density at radius 2 is 1.96 bits per heavy atom. The average Bonchev–Trinajstić information content (AvgIpc) is 2.74. The smallest absolute Gasteiger partial charge is 0.261 e. The molecule has 24 heavy (non-hydrogen) atoms. The van der Waals surface area contributed by atoms with Crippen LogP contribution >= 0.6 is 0 Å². The molecule has 0 spiro atoms. The van der Waals surface area contributed by atoms with Crippen LogP contribution in [-0.4, -0.2) is 22.4 Å². The molecule has 0 bridgehead atoms. The van der Waals surface area contributed by atoms with E-state index in [0.29, 0.717) is 19.0 Å². The average molecular weight is 318 g/mol. The number of amides is 1. The van der Waals surface area contributed by atoms with Gasteiger partial charge in [-0.25, -0.2) is 4.98 Å². The number of benzene rings is 2. The molecule has 0 saturated carbocycles. The summed E-state index contributed by atoms with van der Waals surface area (Å²) in [6, 6.07) is 18.2. The summed E-state index contributed by atoms with van der Waals surface area (Å²) in [4.78, 5) is 18.9. The van der Waals surface area contributed by atoms with Gasteiger partial charge in [-0.2, -0.15) is 0 Å². The Balaban J connectivity index is 1.71. The highest BCUT2D eigenvalue weighted by Crippen LogP contribution is 2.28. The Hall–Kier alpha value is -2.88. The molecule has 2 heterocycles. The lowest BCUT2D eigenvalue weighted by Gasteiger charge is -2.20. The number of ether oxygens (including phenoxy) is 1. The summed E-state index contributed by atoms with van der Waals surface area (Å²) in [7, 11) is 0. The van der Waals surface area contributed by atoms with Gasteiger partial charge >= 0.3 is 0 Å². The maximum absolute atomic E-state index is 12.4. The van der Waals surface area contributed by atoms with Crippen molar-refractivity contribution >= 4 is 16.8 Å². The van der Waals surface area contributed by atoms with Crippen molar-refractivity contribution in [3.8, 4) is 5.88 Å². The minimum absolute atomic E-state index is 0.0161. The fourth-order valence-corrected chi connectivity index (χ4v) is 3.07.